The van der Waals surface area contributed by atoms with Crippen LogP contribution in [-0.4, -0.2) is 29.7 Å². The van der Waals surface area contributed by atoms with Gasteiger partial charge < -0.3 is 4.90 Å². The van der Waals surface area contributed by atoms with Gasteiger partial charge in [-0.3, -0.25) is 9.59 Å². The maximum Gasteiger partial charge on any atom is 0.295 e. The smallest absolute Gasteiger partial charge is 0.295 e. The average Bonchev–Trinajstić information content (AvgIpc) is 2.62. The quantitative estimate of drug-likeness (QED) is 0.643. The highest BCUT2D eigenvalue weighted by Gasteiger charge is 2.24. The fraction of sp³-hybridized carbons (Fsp3) is 0.200. The Balaban J connectivity index is 1.69. The van der Waals surface area contributed by atoms with Gasteiger partial charge in [0.25, 0.3) is 5.91 Å². The molecule has 1 amide bonds. The van der Waals surface area contributed by atoms with Crippen molar-refractivity contribution in [3.8, 4) is 0 Å². The third kappa shape index (κ3) is 3.39. The summed E-state index contributed by atoms with van der Waals surface area (Å²) in [6.07, 6.45) is 2.82. The third-order valence-electron chi connectivity index (χ3n) is 4.15. The minimum absolute atomic E-state index is 0.419. The van der Waals surface area contributed by atoms with E-state index in [1.165, 1.54) is 11.1 Å². The lowest BCUT2D eigenvalue weighted by Crippen LogP contribution is -2.39. The van der Waals surface area contributed by atoms with Crippen LogP contribution in [0.3, 0.4) is 0 Å². The zero-order valence-electron chi connectivity index (χ0n) is 13.2. The second kappa shape index (κ2) is 6.61. The maximum atomic E-state index is 12.4. The van der Waals surface area contributed by atoms with E-state index in [9.17, 15) is 9.59 Å². The molecule has 0 aromatic heterocycles. The number of benzene rings is 2. The summed E-state index contributed by atoms with van der Waals surface area (Å²) in [5.41, 5.74) is 3.95. The summed E-state index contributed by atoms with van der Waals surface area (Å²) in [5.74, 6) is -0.848. The molecule has 1 aliphatic heterocycles. The molecule has 2 aromatic carbocycles. The summed E-state index contributed by atoms with van der Waals surface area (Å²) < 4.78 is 0. The van der Waals surface area contributed by atoms with Gasteiger partial charge in [-0.1, -0.05) is 66.2 Å². The van der Waals surface area contributed by atoms with Crippen molar-refractivity contribution in [3.63, 3.8) is 0 Å². The molecule has 0 saturated carbocycles. The minimum Gasteiger partial charge on any atom is -0.332 e. The van der Waals surface area contributed by atoms with Gasteiger partial charge in [0, 0.05) is 18.7 Å². The first kappa shape index (κ1) is 15.2. The van der Waals surface area contributed by atoms with Crippen LogP contribution in [-0.2, 0) is 4.79 Å². The molecule has 0 N–H and O–H groups in total. The molecule has 0 fully saturated rings. The number of amides is 1. The van der Waals surface area contributed by atoms with Crippen LogP contribution in [0.25, 0.3) is 5.57 Å². The monoisotopic (exact) mass is 305 g/mol. The SMILES string of the molecule is Cc1ccc(C(=O)C(=O)N2CC=C(c3ccccc3)CC2)cc1. The third-order valence-corrected chi connectivity index (χ3v) is 4.15. The summed E-state index contributed by atoms with van der Waals surface area (Å²) in [4.78, 5) is 26.3. The predicted molar refractivity (Wildman–Crippen MR) is 91.1 cm³/mol. The van der Waals surface area contributed by atoms with Gasteiger partial charge in [-0.25, -0.2) is 0 Å². The first-order valence-corrected chi connectivity index (χ1v) is 7.80. The Morgan fingerprint density at radius 1 is 0.957 bits per heavy atom. The Bertz CT molecular complexity index is 745. The number of aryl methyl sites for hydroxylation is 1. The molecule has 0 aliphatic carbocycles. The molecule has 3 heteroatoms. The van der Waals surface area contributed by atoms with Crippen LogP contribution < -0.4 is 0 Å². The Morgan fingerprint density at radius 3 is 2.26 bits per heavy atom. The molecule has 1 aliphatic rings. The van der Waals surface area contributed by atoms with E-state index in [0.29, 0.717) is 18.7 Å². The van der Waals surface area contributed by atoms with Gasteiger partial charge in [0.15, 0.2) is 0 Å². The molecular formula is C20H19NO2. The molecule has 2 aromatic rings. The highest BCUT2D eigenvalue weighted by Crippen LogP contribution is 2.22. The van der Waals surface area contributed by atoms with Gasteiger partial charge in [0.05, 0.1) is 0 Å². The molecule has 23 heavy (non-hydrogen) atoms. The van der Waals surface area contributed by atoms with E-state index < -0.39 is 11.7 Å². The van der Waals surface area contributed by atoms with E-state index >= 15 is 0 Å². The van der Waals surface area contributed by atoms with Crippen molar-refractivity contribution in [1.82, 2.24) is 4.90 Å². The maximum absolute atomic E-state index is 12.4. The zero-order chi connectivity index (χ0) is 16.2. The van der Waals surface area contributed by atoms with Crippen molar-refractivity contribution < 1.29 is 9.59 Å². The number of carbonyl (C=O) groups excluding carboxylic acids is 2. The van der Waals surface area contributed by atoms with Crippen molar-refractivity contribution in [2.45, 2.75) is 13.3 Å². The molecule has 0 saturated heterocycles. The van der Waals surface area contributed by atoms with Crippen molar-refractivity contribution >= 4 is 17.3 Å². The van der Waals surface area contributed by atoms with Crippen molar-refractivity contribution in [2.75, 3.05) is 13.1 Å². The topological polar surface area (TPSA) is 37.4 Å². The molecule has 0 unspecified atom stereocenters. The van der Waals surface area contributed by atoms with Crippen LogP contribution >= 0.6 is 0 Å². The molecule has 0 bridgehead atoms. The van der Waals surface area contributed by atoms with E-state index in [1.54, 1.807) is 17.0 Å². The minimum atomic E-state index is -0.429. The van der Waals surface area contributed by atoms with E-state index in [2.05, 4.69) is 12.1 Å². The lowest BCUT2D eigenvalue weighted by molar-refractivity contribution is -0.126. The van der Waals surface area contributed by atoms with Crippen molar-refractivity contribution in [1.29, 1.82) is 0 Å². The van der Waals surface area contributed by atoms with Crippen molar-refractivity contribution in [3.05, 3.63) is 77.4 Å². The second-order valence-electron chi connectivity index (χ2n) is 5.79. The van der Waals surface area contributed by atoms with Crippen LogP contribution in [0.4, 0.5) is 0 Å². The fourth-order valence-corrected chi connectivity index (χ4v) is 2.74. The van der Waals surface area contributed by atoms with Gasteiger partial charge in [-0.2, -0.15) is 0 Å². The molecular weight excluding hydrogens is 286 g/mol. The van der Waals surface area contributed by atoms with Gasteiger partial charge in [0.1, 0.15) is 0 Å². The van der Waals surface area contributed by atoms with Gasteiger partial charge >= 0.3 is 0 Å². The number of Topliss-reactive ketones (excluding diaryl/α,β-unsaturated/α-hetero) is 1. The molecule has 1 heterocycles. The summed E-state index contributed by atoms with van der Waals surface area (Å²) in [5, 5.41) is 0. The van der Waals surface area contributed by atoms with Crippen LogP contribution in [0, 0.1) is 6.92 Å². The number of hydrogen-bond donors (Lipinski definition) is 0. The first-order chi connectivity index (χ1) is 11.1. The zero-order valence-corrected chi connectivity index (χ0v) is 13.2. The van der Waals surface area contributed by atoms with E-state index in [4.69, 9.17) is 0 Å². The Morgan fingerprint density at radius 2 is 1.65 bits per heavy atom. The first-order valence-electron chi connectivity index (χ1n) is 7.80. The van der Waals surface area contributed by atoms with Gasteiger partial charge in [0.2, 0.25) is 5.78 Å². The van der Waals surface area contributed by atoms with Crippen molar-refractivity contribution in [2.24, 2.45) is 0 Å². The summed E-state index contributed by atoms with van der Waals surface area (Å²) in [6.45, 7) is 3.02. The highest BCUT2D eigenvalue weighted by molar-refractivity contribution is 6.42. The normalized spacial score (nSPS) is 14.3. The fourth-order valence-electron chi connectivity index (χ4n) is 2.74. The van der Waals surface area contributed by atoms with Gasteiger partial charge in [-0.05, 0) is 24.5 Å². The average molecular weight is 305 g/mol. The number of ketones is 1. The van der Waals surface area contributed by atoms with Gasteiger partial charge in [-0.15, -0.1) is 0 Å². The van der Waals surface area contributed by atoms with E-state index in [1.807, 2.05) is 43.3 Å². The standard InChI is InChI=1S/C20H19NO2/c1-15-7-9-18(10-8-15)19(22)20(23)21-13-11-17(12-14-21)16-5-3-2-4-6-16/h2-11H,12-14H2,1H3. The van der Waals surface area contributed by atoms with Crippen LogP contribution in [0.5, 0.6) is 0 Å². The molecule has 0 atom stereocenters. The Kier molecular flexibility index (Phi) is 4.38. The van der Waals surface area contributed by atoms with Crippen LogP contribution in [0.15, 0.2) is 60.7 Å². The Labute approximate surface area is 136 Å². The molecule has 3 rings (SSSR count). The largest absolute Gasteiger partial charge is 0.332 e. The summed E-state index contributed by atoms with van der Waals surface area (Å²) in [6, 6.07) is 17.3. The highest BCUT2D eigenvalue weighted by atomic mass is 16.2. The number of nitrogens with zero attached hydrogens (tertiary/aromatic N) is 1. The van der Waals surface area contributed by atoms with E-state index in [-0.39, 0.29) is 0 Å². The number of hydrogen-bond acceptors (Lipinski definition) is 2. The number of rotatable bonds is 3. The van der Waals surface area contributed by atoms with Crippen LogP contribution in [0.2, 0.25) is 0 Å². The molecule has 0 spiro atoms. The summed E-state index contributed by atoms with van der Waals surface area (Å²) >= 11 is 0. The van der Waals surface area contributed by atoms with E-state index in [0.717, 1.165) is 12.0 Å². The number of carbonyl (C=O) groups is 2. The predicted octanol–water partition coefficient (Wildman–Crippen LogP) is 3.49. The summed E-state index contributed by atoms with van der Waals surface area (Å²) in [7, 11) is 0. The van der Waals surface area contributed by atoms with Crippen LogP contribution in [0.1, 0.15) is 27.9 Å². The second-order valence-corrected chi connectivity index (χ2v) is 5.79. The lowest BCUT2D eigenvalue weighted by Gasteiger charge is -2.26. The molecule has 116 valence electrons. The lowest BCUT2D eigenvalue weighted by atomic mass is 9.99. The molecule has 0 radical (unpaired) electrons. The Hall–Kier alpha value is -2.68. The molecule has 3 nitrogen and oxygen atoms in total.